The Hall–Kier alpha value is -2.39. The van der Waals surface area contributed by atoms with Crippen LogP contribution in [0.3, 0.4) is 0 Å². The third kappa shape index (κ3) is 2.81. The molecule has 2 aliphatic rings. The van der Waals surface area contributed by atoms with Crippen LogP contribution in [0.15, 0.2) is 53.4 Å². The molecule has 9 heteroatoms. The highest BCUT2D eigenvalue weighted by Gasteiger charge is 2.42. The topological polar surface area (TPSA) is 91.8 Å². The highest BCUT2D eigenvalue weighted by atomic mass is 32.2. The largest absolute Gasteiger partial charge is 0.273 e. The van der Waals surface area contributed by atoms with E-state index < -0.39 is 31.9 Å². The maximum absolute atomic E-state index is 13.0. The van der Waals surface area contributed by atoms with Crippen LogP contribution in [0.5, 0.6) is 0 Å². The van der Waals surface area contributed by atoms with E-state index in [0.29, 0.717) is 18.7 Å². The summed E-state index contributed by atoms with van der Waals surface area (Å²) in [5.74, 6) is -1.35. The number of rotatable bonds is 3. The highest BCUT2D eigenvalue weighted by Crippen LogP contribution is 2.34. The first-order valence-corrected chi connectivity index (χ1v) is 11.5. The third-order valence-electron chi connectivity index (χ3n) is 4.86. The lowest BCUT2D eigenvalue weighted by atomic mass is 10.2. The minimum atomic E-state index is -3.76. The molecule has 2 aromatic rings. The Labute approximate surface area is 158 Å². The second-order valence-electron chi connectivity index (χ2n) is 6.73. The summed E-state index contributed by atoms with van der Waals surface area (Å²) in [5, 5.41) is 0. The Kier molecular flexibility index (Phi) is 4.04. The van der Waals surface area contributed by atoms with Crippen molar-refractivity contribution < 1.29 is 21.6 Å². The summed E-state index contributed by atoms with van der Waals surface area (Å²) in [6.07, 6.45) is 0.645. The Morgan fingerprint density at radius 2 is 1.70 bits per heavy atom. The first kappa shape index (κ1) is 18.0. The molecule has 1 saturated heterocycles. The maximum atomic E-state index is 13.0. The molecule has 1 amide bonds. The molecule has 4 rings (SSSR count). The van der Waals surface area contributed by atoms with Gasteiger partial charge < -0.3 is 0 Å². The molecule has 1 fully saturated rings. The molecule has 1 atom stereocenters. The highest BCUT2D eigenvalue weighted by molar-refractivity contribution is 7.94. The summed E-state index contributed by atoms with van der Waals surface area (Å²) in [6, 6.07) is 12.8. The average molecular weight is 406 g/mol. The zero-order valence-electron chi connectivity index (χ0n) is 14.6. The summed E-state index contributed by atoms with van der Waals surface area (Å²) in [5.41, 5.74) is 1.79. The number of anilines is 2. The molecule has 7 nitrogen and oxygen atoms in total. The minimum Gasteiger partial charge on any atom is -0.273 e. The van der Waals surface area contributed by atoms with Gasteiger partial charge in [-0.25, -0.2) is 21.1 Å². The van der Waals surface area contributed by atoms with E-state index in [1.807, 2.05) is 12.1 Å². The van der Waals surface area contributed by atoms with Crippen LogP contribution in [0.1, 0.15) is 12.5 Å². The van der Waals surface area contributed by atoms with Crippen molar-refractivity contribution in [1.82, 2.24) is 0 Å². The lowest BCUT2D eigenvalue weighted by Crippen LogP contribution is -2.31. The number of fused-ring (bicyclic) bond motifs is 1. The number of hydrogen-bond donors (Lipinski definition) is 0. The number of benzene rings is 2. The van der Waals surface area contributed by atoms with Crippen molar-refractivity contribution in [3.8, 4) is 0 Å². The van der Waals surface area contributed by atoms with Gasteiger partial charge in [-0.1, -0.05) is 25.1 Å². The van der Waals surface area contributed by atoms with Crippen molar-refractivity contribution in [2.24, 2.45) is 5.92 Å². The second kappa shape index (κ2) is 6.07. The third-order valence-corrected chi connectivity index (χ3v) is 8.56. The Bertz CT molecular complexity index is 1120. The molecule has 0 N–H and O–H groups in total. The van der Waals surface area contributed by atoms with Crippen LogP contribution in [0.2, 0.25) is 0 Å². The van der Waals surface area contributed by atoms with E-state index in [1.165, 1.54) is 28.6 Å². The van der Waals surface area contributed by atoms with E-state index >= 15 is 0 Å². The second-order valence-corrected chi connectivity index (χ2v) is 10.5. The van der Waals surface area contributed by atoms with Gasteiger partial charge in [0.25, 0.3) is 10.0 Å². The standard InChI is InChI=1S/C18H18N2O5S2/c1-13-12-26(22,23)20(18(13)21)15-6-8-16(9-7-15)27(24,25)19-11-10-14-4-2-3-5-17(14)19/h2-9,13H,10-12H2,1H3/t13-/m0/s1. The van der Waals surface area contributed by atoms with Gasteiger partial charge in [-0.15, -0.1) is 0 Å². The quantitative estimate of drug-likeness (QED) is 0.774. The van der Waals surface area contributed by atoms with Crippen molar-refractivity contribution in [3.63, 3.8) is 0 Å². The number of carbonyl (C=O) groups excluding carboxylic acids is 1. The lowest BCUT2D eigenvalue weighted by Gasteiger charge is -2.20. The molecule has 2 heterocycles. The predicted molar refractivity (Wildman–Crippen MR) is 102 cm³/mol. The fraction of sp³-hybridized carbons (Fsp3) is 0.278. The average Bonchev–Trinajstić information content (AvgIpc) is 3.14. The molecule has 0 spiro atoms. The van der Waals surface area contributed by atoms with E-state index in [9.17, 15) is 21.6 Å². The normalized spacial score (nSPS) is 21.5. The smallest absolute Gasteiger partial charge is 0.264 e. The van der Waals surface area contributed by atoms with Gasteiger partial charge in [0.05, 0.1) is 27.9 Å². The predicted octanol–water partition coefficient (Wildman–Crippen LogP) is 1.75. The lowest BCUT2D eigenvalue weighted by molar-refractivity contribution is -0.119. The maximum Gasteiger partial charge on any atom is 0.264 e. The molecule has 0 aromatic heterocycles. The van der Waals surface area contributed by atoms with E-state index in [2.05, 4.69) is 0 Å². The van der Waals surface area contributed by atoms with Gasteiger partial charge in [0.2, 0.25) is 15.9 Å². The summed E-state index contributed by atoms with van der Waals surface area (Å²) < 4.78 is 52.5. The Morgan fingerprint density at radius 1 is 1.04 bits per heavy atom. The summed E-state index contributed by atoms with van der Waals surface area (Å²) in [7, 11) is -7.48. The van der Waals surface area contributed by atoms with Crippen molar-refractivity contribution in [2.75, 3.05) is 20.9 Å². The Morgan fingerprint density at radius 3 is 2.33 bits per heavy atom. The summed E-state index contributed by atoms with van der Waals surface area (Å²) in [4.78, 5) is 12.2. The van der Waals surface area contributed by atoms with Crippen molar-refractivity contribution in [1.29, 1.82) is 0 Å². The molecular formula is C18H18N2O5S2. The van der Waals surface area contributed by atoms with Crippen molar-refractivity contribution >= 4 is 37.3 Å². The van der Waals surface area contributed by atoms with Gasteiger partial charge >= 0.3 is 0 Å². The van der Waals surface area contributed by atoms with Crippen LogP contribution < -0.4 is 8.61 Å². The number of amides is 1. The molecule has 0 aliphatic carbocycles. The van der Waals surface area contributed by atoms with Crippen molar-refractivity contribution in [3.05, 3.63) is 54.1 Å². The first-order valence-electron chi connectivity index (χ1n) is 8.49. The van der Waals surface area contributed by atoms with Crippen molar-refractivity contribution in [2.45, 2.75) is 18.2 Å². The SMILES string of the molecule is C[C@H]1CS(=O)(=O)N(c2ccc(S(=O)(=O)N3CCc4ccccc43)cc2)C1=O. The van der Waals surface area contributed by atoms with Gasteiger partial charge in [0, 0.05) is 6.54 Å². The molecule has 27 heavy (non-hydrogen) atoms. The van der Waals surface area contributed by atoms with Crippen LogP contribution in [-0.2, 0) is 31.3 Å². The fourth-order valence-electron chi connectivity index (χ4n) is 3.53. The van der Waals surface area contributed by atoms with Crippen LogP contribution in [0.25, 0.3) is 0 Å². The first-order chi connectivity index (χ1) is 12.7. The molecule has 0 unspecified atom stereocenters. The molecule has 2 aliphatic heterocycles. The van der Waals surface area contributed by atoms with E-state index in [4.69, 9.17) is 0 Å². The number of hydrogen-bond acceptors (Lipinski definition) is 5. The summed E-state index contributed by atoms with van der Waals surface area (Å²) in [6.45, 7) is 1.92. The van der Waals surface area contributed by atoms with E-state index in [1.54, 1.807) is 19.1 Å². The molecule has 0 saturated carbocycles. The zero-order chi connectivity index (χ0) is 19.4. The molecule has 0 radical (unpaired) electrons. The number of nitrogens with zero attached hydrogens (tertiary/aromatic N) is 2. The number of sulfonamides is 2. The number of carbonyl (C=O) groups is 1. The van der Waals surface area contributed by atoms with Crippen LogP contribution in [0.4, 0.5) is 11.4 Å². The fourth-order valence-corrected chi connectivity index (χ4v) is 6.85. The van der Waals surface area contributed by atoms with E-state index in [0.717, 1.165) is 9.87 Å². The van der Waals surface area contributed by atoms with E-state index in [-0.39, 0.29) is 16.3 Å². The zero-order valence-corrected chi connectivity index (χ0v) is 16.2. The van der Waals surface area contributed by atoms with Gasteiger partial charge in [-0.05, 0) is 42.3 Å². The van der Waals surface area contributed by atoms with Crippen LogP contribution in [-0.4, -0.2) is 35.0 Å². The van der Waals surface area contributed by atoms with Gasteiger partial charge in [0.15, 0.2) is 0 Å². The van der Waals surface area contributed by atoms with Crippen LogP contribution >= 0.6 is 0 Å². The molecule has 142 valence electrons. The molecule has 0 bridgehead atoms. The van der Waals surface area contributed by atoms with Gasteiger partial charge in [-0.3, -0.25) is 9.10 Å². The minimum absolute atomic E-state index is 0.0556. The summed E-state index contributed by atoms with van der Waals surface area (Å²) >= 11 is 0. The number of para-hydroxylation sites is 1. The molecular weight excluding hydrogens is 388 g/mol. The monoisotopic (exact) mass is 406 g/mol. The van der Waals surface area contributed by atoms with Crippen LogP contribution in [0, 0.1) is 5.92 Å². The Balaban J connectivity index is 1.68. The van der Waals surface area contributed by atoms with Gasteiger partial charge in [0.1, 0.15) is 0 Å². The molecule has 2 aromatic carbocycles. The van der Waals surface area contributed by atoms with Gasteiger partial charge in [-0.2, -0.15) is 0 Å².